The van der Waals surface area contributed by atoms with Gasteiger partial charge in [-0.25, -0.2) is 4.79 Å². The van der Waals surface area contributed by atoms with Gasteiger partial charge in [0.15, 0.2) is 5.76 Å². The Balaban J connectivity index is 1.61. The quantitative estimate of drug-likeness (QED) is 0.158. The Kier molecular flexibility index (Phi) is 6.43. The molecule has 4 nitrogen and oxygen atoms in total. The molecule has 2 aromatic heterocycles. The summed E-state index contributed by atoms with van der Waals surface area (Å²) in [5, 5.41) is 2.48. The molecule has 0 atom stereocenters. The topological polar surface area (TPSA) is 60.4 Å². The molecule has 0 bridgehead atoms. The summed E-state index contributed by atoms with van der Waals surface area (Å²) in [6.45, 7) is 1.86. The molecule has 190 valence electrons. The molecule has 0 fully saturated rings. The van der Waals surface area contributed by atoms with Gasteiger partial charge < -0.3 is 8.83 Å². The number of rotatable bonds is 5. The number of aryl methyl sites for hydroxylation is 1. The number of carbonyl (C=O) groups is 1. The van der Waals surface area contributed by atoms with Crippen LogP contribution in [0.25, 0.3) is 45.2 Å². The second kappa shape index (κ2) is 10.1. The largest absolute Gasteiger partial charge is 0.452 e. The minimum atomic E-state index is -0.487. The number of hydrogen-bond acceptors (Lipinski definition) is 4. The standard InChI is InChI=1S/C33H20Cl2O4/c1-19-25-17-26-24(15-13-20-12-14-23(34)16-27(20)35)30(21-8-4-2-5-9-21)33(37)39-29(26)18-28(25)38-32(19)31(36)22-10-6-3-7-11-22/h2-18H,1H3/b15-13+. The number of fused-ring (bicyclic) bond motifs is 2. The second-order valence-electron chi connectivity index (χ2n) is 9.14. The fourth-order valence-electron chi connectivity index (χ4n) is 4.74. The van der Waals surface area contributed by atoms with Crippen molar-refractivity contribution < 1.29 is 13.6 Å². The van der Waals surface area contributed by atoms with Crippen molar-refractivity contribution in [3.05, 3.63) is 139 Å². The summed E-state index contributed by atoms with van der Waals surface area (Å²) in [6.07, 6.45) is 3.70. The molecule has 0 aliphatic carbocycles. The number of carbonyl (C=O) groups excluding carboxylic acids is 1. The second-order valence-corrected chi connectivity index (χ2v) is 9.98. The van der Waals surface area contributed by atoms with E-state index in [0.717, 1.165) is 16.5 Å². The molecule has 0 amide bonds. The van der Waals surface area contributed by atoms with Gasteiger partial charge in [0.05, 0.1) is 5.56 Å². The van der Waals surface area contributed by atoms with E-state index < -0.39 is 5.63 Å². The summed E-state index contributed by atoms with van der Waals surface area (Å²) >= 11 is 12.5. The highest BCUT2D eigenvalue weighted by Gasteiger charge is 2.22. The number of furan rings is 1. The van der Waals surface area contributed by atoms with Crippen LogP contribution in [0, 0.1) is 6.92 Å². The van der Waals surface area contributed by atoms with Crippen LogP contribution in [0.2, 0.25) is 10.0 Å². The summed E-state index contributed by atoms with van der Waals surface area (Å²) in [6, 6.07) is 27.1. The molecule has 0 saturated carbocycles. The summed E-state index contributed by atoms with van der Waals surface area (Å²) in [7, 11) is 0. The van der Waals surface area contributed by atoms with E-state index in [1.807, 2.05) is 79.7 Å². The van der Waals surface area contributed by atoms with Crippen LogP contribution >= 0.6 is 23.2 Å². The SMILES string of the molecule is Cc1c(C(=O)c2ccccc2)oc2cc3oc(=O)c(-c4ccccc4)c(/C=C/c4ccc(Cl)cc4Cl)c3cc12. The third-order valence-corrected chi connectivity index (χ3v) is 7.26. The Morgan fingerprint density at radius 3 is 2.18 bits per heavy atom. The van der Waals surface area contributed by atoms with Gasteiger partial charge >= 0.3 is 5.63 Å². The molecule has 0 aliphatic heterocycles. The predicted molar refractivity (Wildman–Crippen MR) is 158 cm³/mol. The summed E-state index contributed by atoms with van der Waals surface area (Å²) in [5.74, 6) is 0.0412. The van der Waals surface area contributed by atoms with Crippen molar-refractivity contribution in [3.8, 4) is 11.1 Å². The Labute approximate surface area is 233 Å². The van der Waals surface area contributed by atoms with E-state index in [-0.39, 0.29) is 11.5 Å². The van der Waals surface area contributed by atoms with Gasteiger partial charge in [0.2, 0.25) is 5.78 Å². The first-order valence-electron chi connectivity index (χ1n) is 12.2. The molecule has 0 N–H and O–H groups in total. The summed E-state index contributed by atoms with van der Waals surface area (Å²) in [4.78, 5) is 26.6. The predicted octanol–water partition coefficient (Wildman–Crippen LogP) is 9.22. The van der Waals surface area contributed by atoms with Crippen molar-refractivity contribution in [1.29, 1.82) is 0 Å². The third-order valence-electron chi connectivity index (χ3n) is 6.70. The third kappa shape index (κ3) is 4.59. The Hall–Kier alpha value is -4.38. The lowest BCUT2D eigenvalue weighted by molar-refractivity contribution is 0.101. The van der Waals surface area contributed by atoms with E-state index in [9.17, 15) is 9.59 Å². The highest BCUT2D eigenvalue weighted by Crippen LogP contribution is 2.36. The van der Waals surface area contributed by atoms with Crippen molar-refractivity contribution >= 4 is 63.1 Å². The first-order chi connectivity index (χ1) is 18.9. The lowest BCUT2D eigenvalue weighted by atomic mass is 9.96. The zero-order chi connectivity index (χ0) is 27.1. The number of benzene rings is 4. The van der Waals surface area contributed by atoms with Crippen LogP contribution in [-0.4, -0.2) is 5.78 Å². The smallest absolute Gasteiger partial charge is 0.344 e. The summed E-state index contributed by atoms with van der Waals surface area (Å²) < 4.78 is 11.8. The molecule has 0 aliphatic rings. The molecule has 0 spiro atoms. The van der Waals surface area contributed by atoms with Gasteiger partial charge in [-0.15, -0.1) is 0 Å². The maximum absolute atomic E-state index is 13.4. The lowest BCUT2D eigenvalue weighted by Crippen LogP contribution is -2.06. The summed E-state index contributed by atoms with van der Waals surface area (Å²) in [5.41, 5.74) is 4.12. The van der Waals surface area contributed by atoms with E-state index >= 15 is 0 Å². The maximum Gasteiger partial charge on any atom is 0.344 e. The van der Waals surface area contributed by atoms with E-state index in [1.165, 1.54) is 0 Å². The van der Waals surface area contributed by atoms with Crippen molar-refractivity contribution in [2.75, 3.05) is 0 Å². The van der Waals surface area contributed by atoms with Crippen LogP contribution in [0.15, 0.2) is 105 Å². The van der Waals surface area contributed by atoms with Gasteiger partial charge in [-0.3, -0.25) is 4.79 Å². The fourth-order valence-corrected chi connectivity index (χ4v) is 5.21. The van der Waals surface area contributed by atoms with Crippen molar-refractivity contribution in [2.45, 2.75) is 6.92 Å². The number of halogens is 2. The Bertz CT molecular complexity index is 1970. The van der Waals surface area contributed by atoms with Crippen molar-refractivity contribution in [1.82, 2.24) is 0 Å². The molecule has 0 saturated heterocycles. The Morgan fingerprint density at radius 1 is 0.769 bits per heavy atom. The Morgan fingerprint density at radius 2 is 1.46 bits per heavy atom. The van der Waals surface area contributed by atoms with Crippen molar-refractivity contribution in [2.24, 2.45) is 0 Å². The van der Waals surface area contributed by atoms with Crippen LogP contribution < -0.4 is 5.63 Å². The molecule has 6 aromatic rings. The van der Waals surface area contributed by atoms with Crippen LogP contribution in [-0.2, 0) is 0 Å². The molecule has 6 rings (SSSR count). The molecule has 0 unspecified atom stereocenters. The van der Waals surface area contributed by atoms with E-state index in [1.54, 1.807) is 30.3 Å². The minimum absolute atomic E-state index is 0.211. The van der Waals surface area contributed by atoms with Crippen LogP contribution in [0.4, 0.5) is 0 Å². The first-order valence-corrected chi connectivity index (χ1v) is 13.0. The average molecular weight is 551 g/mol. The molecule has 6 heteroatoms. The van der Waals surface area contributed by atoms with Gasteiger partial charge in [0.25, 0.3) is 0 Å². The molecular formula is C33H20Cl2O4. The fraction of sp³-hybridized carbons (Fsp3) is 0.0303. The van der Waals surface area contributed by atoms with Gasteiger partial charge in [0.1, 0.15) is 11.2 Å². The van der Waals surface area contributed by atoms with Gasteiger partial charge in [-0.2, -0.15) is 0 Å². The van der Waals surface area contributed by atoms with Gasteiger partial charge in [-0.05, 0) is 36.2 Å². The molecule has 39 heavy (non-hydrogen) atoms. The van der Waals surface area contributed by atoms with E-state index in [0.29, 0.717) is 48.9 Å². The number of hydrogen-bond donors (Lipinski definition) is 0. The first kappa shape index (κ1) is 24.9. The van der Waals surface area contributed by atoms with Crippen LogP contribution in [0.3, 0.4) is 0 Å². The molecular weight excluding hydrogens is 531 g/mol. The number of ketones is 1. The van der Waals surface area contributed by atoms with Crippen LogP contribution in [0.1, 0.15) is 32.8 Å². The zero-order valence-corrected chi connectivity index (χ0v) is 22.2. The highest BCUT2D eigenvalue weighted by molar-refractivity contribution is 6.35. The normalized spacial score (nSPS) is 11.6. The van der Waals surface area contributed by atoms with Crippen LogP contribution in [0.5, 0.6) is 0 Å². The van der Waals surface area contributed by atoms with Gasteiger partial charge in [0, 0.05) is 43.6 Å². The van der Waals surface area contributed by atoms with E-state index in [4.69, 9.17) is 32.0 Å². The average Bonchev–Trinajstić information content (AvgIpc) is 3.26. The molecule has 2 heterocycles. The molecule has 4 aromatic carbocycles. The van der Waals surface area contributed by atoms with Crippen molar-refractivity contribution in [3.63, 3.8) is 0 Å². The highest BCUT2D eigenvalue weighted by atomic mass is 35.5. The molecule has 0 radical (unpaired) electrons. The monoisotopic (exact) mass is 550 g/mol. The van der Waals surface area contributed by atoms with Gasteiger partial charge in [-0.1, -0.05) is 102 Å². The maximum atomic E-state index is 13.4. The lowest BCUT2D eigenvalue weighted by Gasteiger charge is -2.09. The van der Waals surface area contributed by atoms with E-state index in [2.05, 4.69) is 0 Å². The minimum Gasteiger partial charge on any atom is -0.452 e. The zero-order valence-electron chi connectivity index (χ0n) is 20.7.